The van der Waals surface area contributed by atoms with Crippen LogP contribution in [0.3, 0.4) is 0 Å². The average molecular weight is 382 g/mol. The first-order valence-corrected chi connectivity index (χ1v) is 8.78. The third-order valence-electron chi connectivity index (χ3n) is 4.19. The summed E-state index contributed by atoms with van der Waals surface area (Å²) in [6.07, 6.45) is 3.34. The second kappa shape index (κ2) is 9.08. The molecule has 0 spiro atoms. The van der Waals surface area contributed by atoms with E-state index in [1.807, 2.05) is 31.2 Å². The second-order valence-corrected chi connectivity index (χ2v) is 6.60. The summed E-state index contributed by atoms with van der Waals surface area (Å²) in [5.74, 6) is 0.377. The molecule has 4 nitrogen and oxygen atoms in total. The molecule has 1 aromatic carbocycles. The summed E-state index contributed by atoms with van der Waals surface area (Å²) in [4.78, 5) is 12.2. The molecule has 1 fully saturated rings. The molecule has 0 unspecified atom stereocenters. The van der Waals surface area contributed by atoms with Crippen LogP contribution in [0.2, 0.25) is 0 Å². The predicted molar refractivity (Wildman–Crippen MR) is 94.9 cm³/mol. The van der Waals surface area contributed by atoms with Gasteiger partial charge in [0.1, 0.15) is 0 Å². The quantitative estimate of drug-likeness (QED) is 0.601. The van der Waals surface area contributed by atoms with Crippen molar-refractivity contribution in [3.63, 3.8) is 0 Å². The van der Waals surface area contributed by atoms with Crippen LogP contribution in [0.5, 0.6) is 0 Å². The van der Waals surface area contributed by atoms with Crippen molar-refractivity contribution >= 4 is 27.5 Å². The fourth-order valence-corrected chi connectivity index (χ4v) is 3.30. The van der Waals surface area contributed by atoms with Crippen LogP contribution < -0.4 is 5.32 Å². The van der Waals surface area contributed by atoms with Gasteiger partial charge in [0.2, 0.25) is 0 Å². The van der Waals surface area contributed by atoms with Crippen LogP contribution in [0, 0.1) is 5.92 Å². The van der Waals surface area contributed by atoms with Crippen LogP contribution in [-0.4, -0.2) is 32.8 Å². The summed E-state index contributed by atoms with van der Waals surface area (Å²) in [5.41, 5.74) is 2.26. The van der Waals surface area contributed by atoms with Gasteiger partial charge in [-0.1, -0.05) is 34.1 Å². The van der Waals surface area contributed by atoms with Crippen LogP contribution in [0.15, 0.2) is 34.4 Å². The van der Waals surface area contributed by atoms with Crippen LogP contribution >= 0.6 is 15.9 Å². The number of carbonyl (C=O) groups is 1. The van der Waals surface area contributed by atoms with Gasteiger partial charge in [0.05, 0.1) is 12.7 Å². The Bertz CT molecular complexity index is 565. The maximum Gasteiger partial charge on any atom is 0.340 e. The summed E-state index contributed by atoms with van der Waals surface area (Å²) >= 11 is 3.51. The van der Waals surface area contributed by atoms with Gasteiger partial charge in [0.15, 0.2) is 0 Å². The number of methoxy groups -OCH3 is 1. The van der Waals surface area contributed by atoms with E-state index in [1.54, 1.807) is 0 Å². The van der Waals surface area contributed by atoms with Crippen LogP contribution in [0.4, 0.5) is 0 Å². The van der Waals surface area contributed by atoms with E-state index in [-0.39, 0.29) is 5.97 Å². The number of halogens is 1. The highest BCUT2D eigenvalue weighted by molar-refractivity contribution is 9.10. The first kappa shape index (κ1) is 18.0. The monoisotopic (exact) mass is 381 g/mol. The van der Waals surface area contributed by atoms with Gasteiger partial charge in [-0.2, -0.15) is 0 Å². The smallest absolute Gasteiger partial charge is 0.340 e. The molecule has 1 N–H and O–H groups in total. The van der Waals surface area contributed by atoms with Gasteiger partial charge in [0, 0.05) is 35.5 Å². The zero-order valence-electron chi connectivity index (χ0n) is 13.7. The number of ether oxygens (including phenoxy) is 2. The van der Waals surface area contributed by atoms with Gasteiger partial charge in [-0.3, -0.25) is 0 Å². The fraction of sp³-hybridized carbons (Fsp3) is 0.500. The molecule has 1 heterocycles. The molecule has 2 rings (SSSR count). The molecule has 126 valence electrons. The largest absolute Gasteiger partial charge is 0.465 e. The first-order valence-electron chi connectivity index (χ1n) is 7.99. The number of carbonyl (C=O) groups excluding carboxylic acids is 1. The third kappa shape index (κ3) is 5.08. The fourth-order valence-electron chi connectivity index (χ4n) is 2.82. The van der Waals surface area contributed by atoms with Crippen molar-refractivity contribution in [2.24, 2.45) is 5.92 Å². The number of benzene rings is 1. The molecule has 5 heteroatoms. The number of hydrogen-bond acceptors (Lipinski definition) is 4. The number of nitrogens with one attached hydrogen (secondary N) is 1. The Labute approximate surface area is 146 Å². The Morgan fingerprint density at radius 2 is 2.04 bits per heavy atom. The van der Waals surface area contributed by atoms with Gasteiger partial charge in [-0.15, -0.1) is 0 Å². The summed E-state index contributed by atoms with van der Waals surface area (Å²) < 4.78 is 11.2. The lowest BCUT2D eigenvalue weighted by molar-refractivity contribution is -0.133. The van der Waals surface area contributed by atoms with Crippen molar-refractivity contribution in [1.29, 1.82) is 0 Å². The van der Waals surface area contributed by atoms with Gasteiger partial charge < -0.3 is 14.8 Å². The van der Waals surface area contributed by atoms with E-state index >= 15 is 0 Å². The van der Waals surface area contributed by atoms with E-state index in [9.17, 15) is 4.79 Å². The van der Waals surface area contributed by atoms with Crippen LogP contribution in [0.1, 0.15) is 31.7 Å². The second-order valence-electron chi connectivity index (χ2n) is 5.74. The number of allylic oxidation sites excluding steroid dienone is 1. The molecule has 1 saturated heterocycles. The minimum absolute atomic E-state index is 0.326. The van der Waals surface area contributed by atoms with Crippen molar-refractivity contribution in [1.82, 2.24) is 5.32 Å². The van der Waals surface area contributed by atoms with Crippen molar-refractivity contribution < 1.29 is 14.3 Å². The first-order chi connectivity index (χ1) is 11.1. The predicted octanol–water partition coefficient (Wildman–Crippen LogP) is 3.76. The number of hydrogen-bond donors (Lipinski definition) is 1. The van der Waals surface area contributed by atoms with E-state index in [0.717, 1.165) is 54.8 Å². The van der Waals surface area contributed by atoms with E-state index in [0.29, 0.717) is 11.5 Å². The SMILES string of the molecule is COC(=O)C(=C(C)NCCC1CCOCC1)c1ccccc1Br. The minimum Gasteiger partial charge on any atom is -0.465 e. The molecule has 23 heavy (non-hydrogen) atoms. The lowest BCUT2D eigenvalue weighted by atomic mass is 9.96. The molecule has 1 aromatic rings. The molecule has 1 aliphatic rings. The van der Waals surface area contributed by atoms with E-state index in [2.05, 4.69) is 21.2 Å². The molecular weight excluding hydrogens is 358 g/mol. The molecule has 0 radical (unpaired) electrons. The van der Waals surface area contributed by atoms with Crippen LogP contribution in [0.25, 0.3) is 5.57 Å². The van der Waals surface area contributed by atoms with Gasteiger partial charge >= 0.3 is 5.97 Å². The Kier molecular flexibility index (Phi) is 7.12. The molecular formula is C18H24BrNO3. The van der Waals surface area contributed by atoms with Crippen molar-refractivity contribution in [2.75, 3.05) is 26.9 Å². The van der Waals surface area contributed by atoms with E-state index in [4.69, 9.17) is 9.47 Å². The Morgan fingerprint density at radius 1 is 1.35 bits per heavy atom. The molecule has 0 saturated carbocycles. The average Bonchev–Trinajstić information content (AvgIpc) is 2.57. The summed E-state index contributed by atoms with van der Waals surface area (Å²) in [6, 6.07) is 7.68. The van der Waals surface area contributed by atoms with Crippen molar-refractivity contribution in [2.45, 2.75) is 26.2 Å². The number of rotatable bonds is 6. The Hall–Kier alpha value is -1.33. The van der Waals surface area contributed by atoms with Crippen molar-refractivity contribution in [3.8, 4) is 0 Å². The topological polar surface area (TPSA) is 47.6 Å². The maximum absolute atomic E-state index is 12.2. The molecule has 0 bridgehead atoms. The lowest BCUT2D eigenvalue weighted by Crippen LogP contribution is -2.23. The Morgan fingerprint density at radius 3 is 2.70 bits per heavy atom. The highest BCUT2D eigenvalue weighted by Crippen LogP contribution is 2.27. The summed E-state index contributed by atoms with van der Waals surface area (Å²) in [6.45, 7) is 4.50. The normalized spacial score (nSPS) is 16.7. The van der Waals surface area contributed by atoms with E-state index in [1.165, 1.54) is 7.11 Å². The zero-order valence-corrected chi connectivity index (χ0v) is 15.3. The van der Waals surface area contributed by atoms with Crippen molar-refractivity contribution in [3.05, 3.63) is 40.0 Å². The molecule has 0 amide bonds. The highest BCUT2D eigenvalue weighted by Gasteiger charge is 2.19. The number of esters is 1. The summed E-state index contributed by atoms with van der Waals surface area (Å²) in [5, 5.41) is 3.39. The third-order valence-corrected chi connectivity index (χ3v) is 4.88. The molecule has 0 aliphatic carbocycles. The maximum atomic E-state index is 12.2. The lowest BCUT2D eigenvalue weighted by Gasteiger charge is -2.22. The zero-order chi connectivity index (χ0) is 16.7. The van der Waals surface area contributed by atoms with Gasteiger partial charge in [-0.05, 0) is 38.2 Å². The van der Waals surface area contributed by atoms with E-state index < -0.39 is 0 Å². The minimum atomic E-state index is -0.326. The van der Waals surface area contributed by atoms with Gasteiger partial charge in [0.25, 0.3) is 0 Å². The summed E-state index contributed by atoms with van der Waals surface area (Å²) in [7, 11) is 1.41. The molecule has 1 aliphatic heterocycles. The standard InChI is InChI=1S/C18H24BrNO3/c1-13(20-10-7-14-8-11-23-12-9-14)17(18(21)22-2)15-5-3-4-6-16(15)19/h3-6,14,20H,7-12H2,1-2H3. The molecule has 0 aromatic heterocycles. The highest BCUT2D eigenvalue weighted by atomic mass is 79.9. The van der Waals surface area contributed by atoms with Gasteiger partial charge in [-0.25, -0.2) is 4.79 Å². The van der Waals surface area contributed by atoms with Crippen LogP contribution in [-0.2, 0) is 14.3 Å². The Balaban J connectivity index is 2.08. The molecule has 0 atom stereocenters.